The van der Waals surface area contributed by atoms with Gasteiger partial charge in [0.15, 0.2) is 0 Å². The number of likely N-dealkylation sites (N-methyl/N-ethyl adjacent to an activating group) is 1. The van der Waals surface area contributed by atoms with E-state index in [-0.39, 0.29) is 18.1 Å². The summed E-state index contributed by atoms with van der Waals surface area (Å²) in [6.45, 7) is 1.80. The average molecular weight is 269 g/mol. The predicted molar refractivity (Wildman–Crippen MR) is 77.4 cm³/mol. The molecule has 2 aromatic rings. The van der Waals surface area contributed by atoms with Crippen LogP contribution in [0.15, 0.2) is 36.8 Å². The Hall–Kier alpha value is -1.65. The highest BCUT2D eigenvalue weighted by atomic mass is 16.3. The molecule has 4 nitrogen and oxygen atoms in total. The number of likely N-dealkylation sites (tertiary alicyclic amines) is 1. The normalized spacial score (nSPS) is 29.2. The van der Waals surface area contributed by atoms with Gasteiger partial charge < -0.3 is 14.6 Å². The van der Waals surface area contributed by atoms with Crippen molar-refractivity contribution in [1.29, 1.82) is 0 Å². The Bertz CT molecular complexity index is 636. The molecule has 0 spiro atoms. The van der Waals surface area contributed by atoms with Crippen molar-refractivity contribution in [1.82, 2.24) is 14.5 Å². The standard InChI is InChI=1S/C16H19N3O/c1-18-7-6-13(15(20)9-18)16-12-5-3-2-4-11(12)14-8-17-10-19(14)16/h2-5,8,10,13,15-16,20H,6-7,9H2,1H3. The Morgan fingerprint density at radius 3 is 3.00 bits per heavy atom. The van der Waals surface area contributed by atoms with Crippen LogP contribution in [-0.4, -0.2) is 45.8 Å². The van der Waals surface area contributed by atoms with Crippen molar-refractivity contribution in [3.8, 4) is 11.3 Å². The Morgan fingerprint density at radius 2 is 2.15 bits per heavy atom. The molecule has 3 heterocycles. The number of imidazole rings is 1. The highest BCUT2D eigenvalue weighted by Gasteiger charge is 2.39. The minimum absolute atomic E-state index is 0.229. The molecule has 1 fully saturated rings. The summed E-state index contributed by atoms with van der Waals surface area (Å²) in [6, 6.07) is 8.74. The molecule has 20 heavy (non-hydrogen) atoms. The topological polar surface area (TPSA) is 41.3 Å². The maximum atomic E-state index is 10.5. The number of β-amino-alcohol motifs (C(OH)–C–C–N with tert-alkyl or cyclic N) is 1. The first-order valence-corrected chi connectivity index (χ1v) is 7.23. The van der Waals surface area contributed by atoms with Gasteiger partial charge in [0.1, 0.15) is 0 Å². The second-order valence-electron chi connectivity index (χ2n) is 6.00. The summed E-state index contributed by atoms with van der Waals surface area (Å²) in [7, 11) is 2.07. The number of aliphatic hydroxyl groups excluding tert-OH is 1. The first kappa shape index (κ1) is 12.1. The second-order valence-corrected chi connectivity index (χ2v) is 6.00. The van der Waals surface area contributed by atoms with Gasteiger partial charge in [0.05, 0.1) is 30.4 Å². The fourth-order valence-electron chi connectivity index (χ4n) is 3.79. The molecule has 1 aromatic heterocycles. The predicted octanol–water partition coefficient (Wildman–Crippen LogP) is 1.77. The van der Waals surface area contributed by atoms with E-state index in [2.05, 4.69) is 45.8 Å². The highest BCUT2D eigenvalue weighted by Crippen LogP contribution is 2.45. The smallest absolute Gasteiger partial charge is 0.0956 e. The van der Waals surface area contributed by atoms with Gasteiger partial charge in [-0.3, -0.25) is 0 Å². The van der Waals surface area contributed by atoms with Crippen molar-refractivity contribution < 1.29 is 5.11 Å². The maximum Gasteiger partial charge on any atom is 0.0956 e. The number of benzene rings is 1. The molecule has 3 unspecified atom stereocenters. The molecular weight excluding hydrogens is 250 g/mol. The molecule has 3 atom stereocenters. The first-order valence-electron chi connectivity index (χ1n) is 7.23. The summed E-state index contributed by atoms with van der Waals surface area (Å²) in [4.78, 5) is 6.50. The molecular formula is C16H19N3O. The number of rotatable bonds is 1. The van der Waals surface area contributed by atoms with E-state index < -0.39 is 0 Å². The second kappa shape index (κ2) is 4.43. The zero-order chi connectivity index (χ0) is 13.7. The third-order valence-corrected chi connectivity index (χ3v) is 4.76. The zero-order valence-corrected chi connectivity index (χ0v) is 11.6. The van der Waals surface area contributed by atoms with Crippen LogP contribution in [0.1, 0.15) is 18.0 Å². The van der Waals surface area contributed by atoms with Crippen LogP contribution in [0.4, 0.5) is 0 Å². The molecule has 1 saturated heterocycles. The van der Waals surface area contributed by atoms with Crippen molar-refractivity contribution in [2.24, 2.45) is 5.92 Å². The van der Waals surface area contributed by atoms with E-state index >= 15 is 0 Å². The zero-order valence-electron chi connectivity index (χ0n) is 11.6. The molecule has 0 bridgehead atoms. The number of aromatic nitrogens is 2. The lowest BCUT2D eigenvalue weighted by Gasteiger charge is -2.37. The maximum absolute atomic E-state index is 10.5. The van der Waals surface area contributed by atoms with Crippen molar-refractivity contribution in [3.05, 3.63) is 42.4 Å². The van der Waals surface area contributed by atoms with Crippen molar-refractivity contribution in [3.63, 3.8) is 0 Å². The van der Waals surface area contributed by atoms with Crippen LogP contribution in [0.3, 0.4) is 0 Å². The lowest BCUT2D eigenvalue weighted by molar-refractivity contribution is 0.0166. The number of aliphatic hydroxyl groups is 1. The third kappa shape index (κ3) is 1.65. The molecule has 2 aliphatic rings. The molecule has 2 aliphatic heterocycles. The minimum atomic E-state index is -0.278. The Balaban J connectivity index is 1.79. The molecule has 0 radical (unpaired) electrons. The molecule has 1 aromatic carbocycles. The summed E-state index contributed by atoms with van der Waals surface area (Å²) in [5, 5.41) is 10.5. The van der Waals surface area contributed by atoms with Gasteiger partial charge in [-0.05, 0) is 25.6 Å². The van der Waals surface area contributed by atoms with Crippen LogP contribution in [-0.2, 0) is 0 Å². The summed E-state index contributed by atoms with van der Waals surface area (Å²) >= 11 is 0. The van der Waals surface area contributed by atoms with E-state index in [1.54, 1.807) is 0 Å². The first-order chi connectivity index (χ1) is 9.75. The van der Waals surface area contributed by atoms with Crippen LogP contribution in [0.5, 0.6) is 0 Å². The molecule has 0 saturated carbocycles. The minimum Gasteiger partial charge on any atom is -0.391 e. The largest absolute Gasteiger partial charge is 0.391 e. The number of hydrogen-bond donors (Lipinski definition) is 1. The fourth-order valence-corrected chi connectivity index (χ4v) is 3.79. The van der Waals surface area contributed by atoms with E-state index in [1.807, 2.05) is 12.5 Å². The Morgan fingerprint density at radius 1 is 1.30 bits per heavy atom. The van der Waals surface area contributed by atoms with Gasteiger partial charge in [0.25, 0.3) is 0 Å². The van der Waals surface area contributed by atoms with Gasteiger partial charge in [-0.1, -0.05) is 24.3 Å². The summed E-state index contributed by atoms with van der Waals surface area (Å²) < 4.78 is 2.24. The van der Waals surface area contributed by atoms with Gasteiger partial charge in [-0.25, -0.2) is 4.98 Å². The molecule has 104 valence electrons. The molecule has 1 N–H and O–H groups in total. The monoisotopic (exact) mass is 269 g/mol. The molecule has 0 aliphatic carbocycles. The van der Waals surface area contributed by atoms with E-state index in [9.17, 15) is 5.11 Å². The Labute approximate surface area is 118 Å². The number of fused-ring (bicyclic) bond motifs is 3. The van der Waals surface area contributed by atoms with E-state index in [1.165, 1.54) is 16.8 Å². The van der Waals surface area contributed by atoms with E-state index in [0.29, 0.717) is 0 Å². The number of hydrogen-bond acceptors (Lipinski definition) is 3. The van der Waals surface area contributed by atoms with Crippen LogP contribution in [0, 0.1) is 5.92 Å². The molecule has 0 amide bonds. The fraction of sp³-hybridized carbons (Fsp3) is 0.438. The van der Waals surface area contributed by atoms with Gasteiger partial charge >= 0.3 is 0 Å². The van der Waals surface area contributed by atoms with Crippen LogP contribution >= 0.6 is 0 Å². The van der Waals surface area contributed by atoms with Crippen molar-refractivity contribution in [2.45, 2.75) is 18.6 Å². The summed E-state index contributed by atoms with van der Waals surface area (Å²) in [6.07, 6.45) is 4.58. The average Bonchev–Trinajstić information content (AvgIpc) is 3.00. The van der Waals surface area contributed by atoms with Gasteiger partial charge in [-0.2, -0.15) is 0 Å². The molecule has 4 heteroatoms. The lowest BCUT2D eigenvalue weighted by Crippen LogP contribution is -2.44. The number of nitrogens with zero attached hydrogens (tertiary/aromatic N) is 3. The van der Waals surface area contributed by atoms with Gasteiger partial charge in [-0.15, -0.1) is 0 Å². The molecule has 4 rings (SSSR count). The number of piperidine rings is 1. The lowest BCUT2D eigenvalue weighted by atomic mass is 9.83. The summed E-state index contributed by atoms with van der Waals surface area (Å²) in [5.74, 6) is 0.266. The van der Waals surface area contributed by atoms with Crippen LogP contribution in [0.25, 0.3) is 11.3 Å². The van der Waals surface area contributed by atoms with Crippen LogP contribution in [0.2, 0.25) is 0 Å². The van der Waals surface area contributed by atoms with Crippen molar-refractivity contribution >= 4 is 0 Å². The van der Waals surface area contributed by atoms with Gasteiger partial charge in [0, 0.05) is 18.0 Å². The third-order valence-electron chi connectivity index (χ3n) is 4.76. The van der Waals surface area contributed by atoms with Gasteiger partial charge in [0.2, 0.25) is 0 Å². The van der Waals surface area contributed by atoms with Crippen LogP contribution < -0.4 is 0 Å². The Kier molecular flexibility index (Phi) is 2.69. The quantitative estimate of drug-likeness (QED) is 0.858. The highest BCUT2D eigenvalue weighted by molar-refractivity contribution is 5.69. The summed E-state index contributed by atoms with van der Waals surface area (Å²) in [5.41, 5.74) is 3.77. The van der Waals surface area contributed by atoms with E-state index in [4.69, 9.17) is 0 Å². The van der Waals surface area contributed by atoms with Crippen molar-refractivity contribution in [2.75, 3.05) is 20.1 Å². The SMILES string of the molecule is CN1CCC(C2c3ccccc3-c3cncn32)C(O)C1. The van der Waals surface area contributed by atoms with E-state index in [0.717, 1.165) is 19.5 Å².